The van der Waals surface area contributed by atoms with Gasteiger partial charge in [-0.2, -0.15) is 0 Å². The smallest absolute Gasteiger partial charge is 0.278 e. The van der Waals surface area contributed by atoms with Gasteiger partial charge in [0.25, 0.3) is 15.9 Å². The summed E-state index contributed by atoms with van der Waals surface area (Å²) < 4.78 is 27.4. The van der Waals surface area contributed by atoms with Crippen LogP contribution in [-0.2, 0) is 14.8 Å². The van der Waals surface area contributed by atoms with Gasteiger partial charge in [-0.15, -0.1) is 11.3 Å². The molecule has 0 bridgehead atoms. The number of aromatic nitrogens is 2. The maximum Gasteiger partial charge on any atom is 0.278 e. The van der Waals surface area contributed by atoms with Crippen LogP contribution >= 0.6 is 22.9 Å². The van der Waals surface area contributed by atoms with Crippen molar-refractivity contribution in [2.45, 2.75) is 4.90 Å². The van der Waals surface area contributed by atoms with Gasteiger partial charge in [-0.1, -0.05) is 17.7 Å². The van der Waals surface area contributed by atoms with Gasteiger partial charge in [-0.25, -0.2) is 13.4 Å². The molecular weight excluding hydrogens is 412 g/mol. The van der Waals surface area contributed by atoms with Crippen LogP contribution in [0.15, 0.2) is 47.4 Å². The number of fused-ring (bicyclic) bond motifs is 3. The molecule has 0 fully saturated rings. The summed E-state index contributed by atoms with van der Waals surface area (Å²) in [4.78, 5) is 20.4. The number of rotatable bonds is 2. The number of amides is 1. The first-order chi connectivity index (χ1) is 12.8. The van der Waals surface area contributed by atoms with Crippen molar-refractivity contribution in [2.24, 2.45) is 0 Å². The molecule has 1 aliphatic rings. The largest absolute Gasteiger partial charge is 0.504 e. The maximum absolute atomic E-state index is 13.0. The molecule has 0 saturated carbocycles. The Labute approximate surface area is 162 Å². The fourth-order valence-electron chi connectivity index (χ4n) is 2.76. The van der Waals surface area contributed by atoms with E-state index in [0.29, 0.717) is 15.1 Å². The van der Waals surface area contributed by atoms with Crippen LogP contribution in [0.5, 0.6) is 0 Å². The predicted molar refractivity (Wildman–Crippen MR) is 102 cm³/mol. The molecule has 4 rings (SSSR count). The van der Waals surface area contributed by atoms with Crippen LogP contribution < -0.4 is 5.32 Å². The lowest BCUT2D eigenvalue weighted by Crippen LogP contribution is -2.36. The number of anilines is 1. The van der Waals surface area contributed by atoms with Crippen LogP contribution in [-0.4, -0.2) is 40.8 Å². The first-order valence-corrected chi connectivity index (χ1v) is 10.2. The van der Waals surface area contributed by atoms with Crippen LogP contribution in [0.1, 0.15) is 4.88 Å². The normalized spacial score (nSPS) is 15.7. The molecule has 0 atom stereocenters. The van der Waals surface area contributed by atoms with E-state index in [4.69, 9.17) is 11.6 Å². The van der Waals surface area contributed by atoms with Crippen molar-refractivity contribution < 1.29 is 18.3 Å². The Balaban J connectivity index is 1.90. The number of sulfonamides is 1. The van der Waals surface area contributed by atoms with Crippen molar-refractivity contribution in [1.82, 2.24) is 14.3 Å². The quantitative estimate of drug-likeness (QED) is 0.656. The van der Waals surface area contributed by atoms with Gasteiger partial charge in [0.2, 0.25) is 0 Å². The van der Waals surface area contributed by atoms with E-state index in [-0.39, 0.29) is 15.6 Å². The topological polar surface area (TPSA) is 112 Å². The van der Waals surface area contributed by atoms with Crippen molar-refractivity contribution in [1.29, 1.82) is 0 Å². The fraction of sp³-hybridized carbons (Fsp3) is 0.0625. The summed E-state index contributed by atoms with van der Waals surface area (Å²) in [6, 6.07) is 4.77. The third kappa shape index (κ3) is 2.73. The second-order valence-electron chi connectivity index (χ2n) is 5.62. The zero-order chi connectivity index (χ0) is 19.3. The monoisotopic (exact) mass is 422 g/mol. The van der Waals surface area contributed by atoms with Crippen molar-refractivity contribution in [3.63, 3.8) is 0 Å². The Morgan fingerprint density at radius 3 is 2.81 bits per heavy atom. The van der Waals surface area contributed by atoms with E-state index in [1.54, 1.807) is 18.2 Å². The van der Waals surface area contributed by atoms with Crippen LogP contribution in [0.3, 0.4) is 0 Å². The second-order valence-corrected chi connectivity index (χ2v) is 9.01. The average molecular weight is 423 g/mol. The SMILES string of the molecule is CN1C(C(=O)Nc2cnccn2)=C(O)c2sc3cc(Cl)ccc3c2S1(=O)=O. The van der Waals surface area contributed by atoms with E-state index in [1.807, 2.05) is 0 Å². The number of nitrogens with zero attached hydrogens (tertiary/aromatic N) is 3. The van der Waals surface area contributed by atoms with E-state index in [2.05, 4.69) is 15.3 Å². The molecule has 2 N–H and O–H groups in total. The summed E-state index contributed by atoms with van der Waals surface area (Å²) in [5.41, 5.74) is -0.397. The molecule has 0 aliphatic carbocycles. The molecule has 3 aromatic rings. The Bertz CT molecular complexity index is 1220. The van der Waals surface area contributed by atoms with Crippen molar-refractivity contribution in [3.05, 3.63) is 52.4 Å². The number of aliphatic hydroxyl groups excluding tert-OH is 1. The molecule has 8 nitrogen and oxygen atoms in total. The van der Waals surface area contributed by atoms with Gasteiger partial charge in [0, 0.05) is 34.6 Å². The maximum atomic E-state index is 13.0. The molecule has 1 aromatic carbocycles. The number of carbonyl (C=O) groups is 1. The first-order valence-electron chi connectivity index (χ1n) is 7.52. The third-order valence-electron chi connectivity index (χ3n) is 4.00. The van der Waals surface area contributed by atoms with E-state index >= 15 is 0 Å². The van der Waals surface area contributed by atoms with Gasteiger partial charge < -0.3 is 10.4 Å². The number of benzene rings is 1. The molecular formula is C16H11ClN4O4S2. The van der Waals surface area contributed by atoms with Crippen LogP contribution in [0.2, 0.25) is 5.02 Å². The minimum Gasteiger partial charge on any atom is -0.504 e. The number of thiophene rings is 1. The summed E-state index contributed by atoms with van der Waals surface area (Å²) in [6.45, 7) is 0. The van der Waals surface area contributed by atoms with Crippen LogP contribution in [0, 0.1) is 0 Å². The highest BCUT2D eigenvalue weighted by molar-refractivity contribution is 7.89. The van der Waals surface area contributed by atoms with Gasteiger partial charge >= 0.3 is 0 Å². The molecule has 1 aliphatic heterocycles. The van der Waals surface area contributed by atoms with Gasteiger partial charge in [-0.3, -0.25) is 14.1 Å². The summed E-state index contributed by atoms with van der Waals surface area (Å²) in [7, 11) is -2.84. The highest BCUT2D eigenvalue weighted by atomic mass is 35.5. The molecule has 0 spiro atoms. The molecule has 2 aromatic heterocycles. The van der Waals surface area contributed by atoms with Gasteiger partial charge in [0.1, 0.15) is 4.90 Å². The summed E-state index contributed by atoms with van der Waals surface area (Å²) in [5.74, 6) is -1.12. The lowest BCUT2D eigenvalue weighted by atomic mass is 10.2. The summed E-state index contributed by atoms with van der Waals surface area (Å²) in [5, 5.41) is 14.0. The highest BCUT2D eigenvalue weighted by Gasteiger charge is 2.40. The number of halogens is 1. The van der Waals surface area contributed by atoms with Crippen LogP contribution in [0.25, 0.3) is 15.8 Å². The molecule has 0 unspecified atom stereocenters. The summed E-state index contributed by atoms with van der Waals surface area (Å²) >= 11 is 7.03. The molecule has 138 valence electrons. The van der Waals surface area contributed by atoms with Crippen molar-refractivity contribution in [2.75, 3.05) is 12.4 Å². The fourth-order valence-corrected chi connectivity index (χ4v) is 6.06. The van der Waals surface area contributed by atoms with Crippen LogP contribution in [0.4, 0.5) is 5.82 Å². The average Bonchev–Trinajstić information content (AvgIpc) is 3.01. The number of hydrogen-bond donors (Lipinski definition) is 2. The van der Waals surface area contributed by atoms with Gasteiger partial charge in [-0.05, 0) is 12.1 Å². The molecule has 3 heterocycles. The molecule has 1 amide bonds. The predicted octanol–water partition coefficient (Wildman–Crippen LogP) is 2.84. The van der Waals surface area contributed by atoms with E-state index in [9.17, 15) is 18.3 Å². The standard InChI is InChI=1S/C16H11ClN4O4S2/c1-21-12(16(23)20-11-7-18-4-5-19-11)13(22)14-15(27(21,24)25)9-3-2-8(17)6-10(9)26-14/h2-7,22H,1H3,(H,19,20,23). The second kappa shape index (κ2) is 6.19. The molecule has 0 saturated heterocycles. The number of nitrogens with one attached hydrogen (secondary N) is 1. The zero-order valence-electron chi connectivity index (χ0n) is 13.7. The molecule has 27 heavy (non-hydrogen) atoms. The first kappa shape index (κ1) is 17.7. The Hall–Kier alpha value is -2.69. The minimum atomic E-state index is -4.05. The van der Waals surface area contributed by atoms with E-state index in [1.165, 1.54) is 25.6 Å². The Morgan fingerprint density at radius 2 is 2.11 bits per heavy atom. The van der Waals surface area contributed by atoms with Crippen molar-refractivity contribution in [3.8, 4) is 0 Å². The highest BCUT2D eigenvalue weighted by Crippen LogP contribution is 2.45. The van der Waals surface area contributed by atoms with E-state index in [0.717, 1.165) is 15.6 Å². The molecule has 11 heteroatoms. The van der Waals surface area contributed by atoms with Crippen molar-refractivity contribution >= 4 is 60.5 Å². The lowest BCUT2D eigenvalue weighted by molar-refractivity contribution is -0.113. The lowest BCUT2D eigenvalue weighted by Gasteiger charge is -2.26. The Kier molecular flexibility index (Phi) is 4.06. The number of carbonyl (C=O) groups excluding carboxylic acids is 1. The number of aliphatic hydroxyl groups is 1. The van der Waals surface area contributed by atoms with Gasteiger partial charge in [0.15, 0.2) is 17.3 Å². The minimum absolute atomic E-state index is 0.0461. The zero-order valence-corrected chi connectivity index (χ0v) is 16.1. The van der Waals surface area contributed by atoms with E-state index < -0.39 is 27.4 Å². The molecule has 0 radical (unpaired) electrons. The summed E-state index contributed by atoms with van der Waals surface area (Å²) in [6.07, 6.45) is 4.11. The van der Waals surface area contributed by atoms with Gasteiger partial charge in [0.05, 0.1) is 11.1 Å². The third-order valence-corrected chi connectivity index (χ3v) is 7.37. The Morgan fingerprint density at radius 1 is 1.33 bits per heavy atom. The number of hydrogen-bond acceptors (Lipinski definition) is 7. The number of likely N-dealkylation sites (N-methyl/N-ethyl adjacent to an activating group) is 1.